The molecule has 1 aromatic heterocycles. The summed E-state index contributed by atoms with van der Waals surface area (Å²) in [4.78, 5) is 3.68. The zero-order chi connectivity index (χ0) is 12.6. The number of benzene rings is 1. The molecule has 1 heterocycles. The minimum Gasteiger partial charge on any atom is -0.248 e. The van der Waals surface area contributed by atoms with Crippen molar-refractivity contribution in [2.75, 3.05) is 0 Å². The Bertz CT molecular complexity index is 670. The molecule has 0 aliphatic rings. The van der Waals surface area contributed by atoms with Crippen LogP contribution in [-0.4, -0.2) is 23.6 Å². The van der Waals surface area contributed by atoms with Crippen LogP contribution in [0.2, 0.25) is 0 Å². The van der Waals surface area contributed by atoms with Crippen LogP contribution in [-0.2, 0) is 10.0 Å². The Morgan fingerprint density at radius 3 is 2.71 bits per heavy atom. The smallest absolute Gasteiger partial charge is 0.248 e. The lowest BCUT2D eigenvalue weighted by atomic mass is 10.2. The highest BCUT2D eigenvalue weighted by atomic mass is 79.9. The molecule has 0 aliphatic carbocycles. The van der Waals surface area contributed by atoms with Gasteiger partial charge in [0.1, 0.15) is 5.82 Å². The zero-order valence-electron chi connectivity index (χ0n) is 8.18. The van der Waals surface area contributed by atoms with Crippen LogP contribution in [0.15, 0.2) is 27.8 Å². The number of rotatable bonds is 2. The highest BCUT2D eigenvalue weighted by Gasteiger charge is 2.16. The Kier molecular flexibility index (Phi) is 2.98. The molecule has 0 radical (unpaired) electrons. The van der Waals surface area contributed by atoms with Crippen molar-refractivity contribution in [2.24, 2.45) is 5.14 Å². The van der Waals surface area contributed by atoms with Gasteiger partial charge in [-0.3, -0.25) is 0 Å². The van der Waals surface area contributed by atoms with E-state index in [9.17, 15) is 12.8 Å². The molecule has 0 atom stereocenters. The second kappa shape index (κ2) is 4.17. The summed E-state index contributed by atoms with van der Waals surface area (Å²) in [5.74, 6) is -0.439. The monoisotopic (exact) mass is 320 g/mol. The van der Waals surface area contributed by atoms with Crippen LogP contribution in [0.4, 0.5) is 4.39 Å². The van der Waals surface area contributed by atoms with Crippen molar-refractivity contribution >= 4 is 26.0 Å². The Hall–Kier alpha value is -1.32. The second-order valence-corrected chi connectivity index (χ2v) is 5.46. The van der Waals surface area contributed by atoms with E-state index >= 15 is 0 Å². The molecule has 0 saturated carbocycles. The van der Waals surface area contributed by atoms with Gasteiger partial charge in [-0.25, -0.2) is 23.0 Å². The van der Waals surface area contributed by atoms with Crippen molar-refractivity contribution in [3.05, 3.63) is 28.5 Å². The first-order valence-electron chi connectivity index (χ1n) is 4.28. The number of sulfonamides is 1. The normalized spacial score (nSPS) is 11.7. The molecule has 0 saturated heterocycles. The van der Waals surface area contributed by atoms with Gasteiger partial charge in [0, 0.05) is 10.0 Å². The van der Waals surface area contributed by atoms with Crippen LogP contribution in [0.5, 0.6) is 0 Å². The van der Waals surface area contributed by atoms with Gasteiger partial charge in [0.15, 0.2) is 5.82 Å². The Labute approximate surface area is 104 Å². The minimum atomic E-state index is -3.95. The molecule has 0 spiro atoms. The van der Waals surface area contributed by atoms with Gasteiger partial charge in [-0.15, -0.1) is 0 Å². The maximum atomic E-state index is 13.0. The van der Waals surface area contributed by atoms with E-state index in [1.54, 1.807) is 0 Å². The van der Waals surface area contributed by atoms with Gasteiger partial charge in [-0.1, -0.05) is 15.9 Å². The van der Waals surface area contributed by atoms with Crippen molar-refractivity contribution in [1.29, 1.82) is 0 Å². The highest BCUT2D eigenvalue weighted by Crippen LogP contribution is 2.26. The Morgan fingerprint density at radius 2 is 2.12 bits per heavy atom. The quantitative estimate of drug-likeness (QED) is 0.862. The average Bonchev–Trinajstić information content (AvgIpc) is 2.70. The standard InChI is InChI=1S/C8H6BrFN4O2S/c9-6-2-1-4(10)3-5(6)7-12-8(14-13-7)17(11,15)16/h1-3H,(H2,11,15,16)(H,12,13,14). The Balaban J connectivity index is 2.55. The predicted octanol–water partition coefficient (Wildman–Crippen LogP) is 1.02. The molecule has 0 fully saturated rings. The molecule has 2 aromatic rings. The maximum absolute atomic E-state index is 13.0. The van der Waals surface area contributed by atoms with Gasteiger partial charge in [0.25, 0.3) is 15.2 Å². The fraction of sp³-hybridized carbons (Fsp3) is 0. The van der Waals surface area contributed by atoms with E-state index in [-0.39, 0.29) is 5.82 Å². The summed E-state index contributed by atoms with van der Waals surface area (Å²) in [5, 5.41) is 10.2. The number of hydrogen-bond acceptors (Lipinski definition) is 4. The number of nitrogens with two attached hydrogens (primary N) is 1. The molecule has 2 rings (SSSR count). The van der Waals surface area contributed by atoms with E-state index in [0.717, 1.165) is 0 Å². The van der Waals surface area contributed by atoms with Gasteiger partial charge in [-0.05, 0) is 18.2 Å². The summed E-state index contributed by atoms with van der Waals surface area (Å²) in [6.45, 7) is 0. The van der Waals surface area contributed by atoms with Crippen LogP contribution >= 0.6 is 15.9 Å². The first-order valence-corrected chi connectivity index (χ1v) is 6.62. The molecular formula is C8H6BrFN4O2S. The van der Waals surface area contributed by atoms with Crippen LogP contribution < -0.4 is 5.14 Å². The van der Waals surface area contributed by atoms with Gasteiger partial charge in [0.2, 0.25) is 0 Å². The van der Waals surface area contributed by atoms with Crippen molar-refractivity contribution in [1.82, 2.24) is 15.2 Å². The van der Waals surface area contributed by atoms with Crippen LogP contribution in [0.1, 0.15) is 0 Å². The molecular weight excluding hydrogens is 315 g/mol. The van der Waals surface area contributed by atoms with Crippen molar-refractivity contribution in [2.45, 2.75) is 5.16 Å². The minimum absolute atomic E-state index is 0.0420. The molecule has 3 N–H and O–H groups in total. The summed E-state index contributed by atoms with van der Waals surface area (Å²) in [6.07, 6.45) is 0. The van der Waals surface area contributed by atoms with Gasteiger partial charge < -0.3 is 0 Å². The molecule has 9 heteroatoms. The second-order valence-electron chi connectivity index (χ2n) is 3.13. The van der Waals surface area contributed by atoms with Crippen molar-refractivity contribution in [3.8, 4) is 11.4 Å². The van der Waals surface area contributed by atoms with Crippen molar-refractivity contribution in [3.63, 3.8) is 0 Å². The number of hydrogen-bond donors (Lipinski definition) is 2. The van der Waals surface area contributed by atoms with Gasteiger partial charge in [-0.2, -0.15) is 10.1 Å². The van der Waals surface area contributed by atoms with E-state index in [1.807, 2.05) is 0 Å². The largest absolute Gasteiger partial charge is 0.273 e. The molecule has 0 amide bonds. The molecule has 0 bridgehead atoms. The van der Waals surface area contributed by atoms with Crippen LogP contribution in [0.3, 0.4) is 0 Å². The lowest BCUT2D eigenvalue weighted by Gasteiger charge is -1.98. The summed E-state index contributed by atoms with van der Waals surface area (Å²) in [5.41, 5.74) is 0.330. The highest BCUT2D eigenvalue weighted by molar-refractivity contribution is 9.10. The van der Waals surface area contributed by atoms with Crippen LogP contribution in [0.25, 0.3) is 11.4 Å². The summed E-state index contributed by atoms with van der Waals surface area (Å²) < 4.78 is 35.6. The summed E-state index contributed by atoms with van der Waals surface area (Å²) in [7, 11) is -3.95. The number of halogens is 2. The zero-order valence-corrected chi connectivity index (χ0v) is 10.6. The fourth-order valence-electron chi connectivity index (χ4n) is 1.16. The van der Waals surface area contributed by atoms with E-state index in [2.05, 4.69) is 31.1 Å². The van der Waals surface area contributed by atoms with E-state index in [4.69, 9.17) is 5.14 Å². The fourth-order valence-corrected chi connectivity index (χ4v) is 1.97. The average molecular weight is 321 g/mol. The molecule has 0 unspecified atom stereocenters. The molecule has 17 heavy (non-hydrogen) atoms. The van der Waals surface area contributed by atoms with Crippen LogP contribution in [0, 0.1) is 5.82 Å². The van der Waals surface area contributed by atoms with Gasteiger partial charge >= 0.3 is 0 Å². The van der Waals surface area contributed by atoms with Gasteiger partial charge in [0.05, 0.1) is 0 Å². The van der Waals surface area contributed by atoms with Crippen molar-refractivity contribution < 1.29 is 12.8 Å². The number of aromatic nitrogens is 3. The maximum Gasteiger partial charge on any atom is 0.273 e. The lowest BCUT2D eigenvalue weighted by Crippen LogP contribution is -2.13. The molecule has 6 nitrogen and oxygen atoms in total. The molecule has 1 aromatic carbocycles. The number of primary sulfonamides is 1. The number of nitrogens with zero attached hydrogens (tertiary/aromatic N) is 2. The lowest BCUT2D eigenvalue weighted by molar-refractivity contribution is 0.589. The van der Waals surface area contributed by atoms with E-state index < -0.39 is 21.0 Å². The number of aromatic amines is 1. The summed E-state index contributed by atoms with van der Waals surface area (Å²) in [6, 6.07) is 3.90. The molecule has 90 valence electrons. The number of H-pyrrole nitrogens is 1. The predicted molar refractivity (Wildman–Crippen MR) is 60.8 cm³/mol. The third-order valence-corrected chi connectivity index (χ3v) is 3.32. The first kappa shape index (κ1) is 12.1. The topological polar surface area (TPSA) is 102 Å². The number of nitrogens with one attached hydrogen (secondary N) is 1. The third kappa shape index (κ3) is 2.51. The van der Waals surface area contributed by atoms with E-state index in [0.29, 0.717) is 10.0 Å². The molecule has 0 aliphatic heterocycles. The Morgan fingerprint density at radius 1 is 1.41 bits per heavy atom. The van der Waals surface area contributed by atoms with E-state index in [1.165, 1.54) is 18.2 Å². The SMILES string of the molecule is NS(=O)(=O)c1nc(-c2cc(F)ccc2Br)n[nH]1. The third-order valence-electron chi connectivity index (χ3n) is 1.90. The summed E-state index contributed by atoms with van der Waals surface area (Å²) >= 11 is 3.19. The first-order chi connectivity index (χ1) is 7.88.